The normalized spacial score (nSPS) is 34.2. The standard InChI is InChI=1S/C75H102O44S5/c1-27(76)94-21-45-53(98-31(5)80)59(103-36(10)85)63(107-40(14)89)70(112-45)122-26-50-57(102-35(9)84)67(124-73-65(109-42(16)91)60(104-37(11)86)54(99-32(6)81)46(113-73)22-95-28(2)77)66(110-43(17)92)72(115-50)123-25-49-56(101-34(8)83)61(105-38(12)87)64(108-41(15)90)71(114-49)121-24-48(97-30(4)79)52-51(58-69(116-52)119-74(19,20)118-58)75(120)68(111-44(18)93)62(106-39(13)88)55(100-33(7)82)47(117-75)23-96-29(3)78/h45-73,120H,21-26H2,1-20H3. The molecule has 696 valence electrons. The maximum absolute atomic E-state index is 14.0. The lowest BCUT2D eigenvalue weighted by Gasteiger charge is -2.53. The van der Waals surface area contributed by atoms with Gasteiger partial charge in [0.2, 0.25) is 0 Å². The minimum absolute atomic E-state index is 0.563. The van der Waals surface area contributed by atoms with E-state index in [9.17, 15) is 86.3 Å². The van der Waals surface area contributed by atoms with Gasteiger partial charge in [-0.05, 0) is 13.8 Å². The van der Waals surface area contributed by atoms with Gasteiger partial charge in [-0.15, -0.1) is 59.7 Å². The van der Waals surface area contributed by atoms with Crippen LogP contribution in [-0.4, -0.2) is 323 Å². The van der Waals surface area contributed by atoms with Crippen molar-refractivity contribution in [3.8, 4) is 0 Å². The van der Waals surface area contributed by atoms with E-state index in [4.69, 9.17) is 136 Å². The number of rotatable bonds is 34. The lowest BCUT2D eigenvalue weighted by molar-refractivity contribution is -0.286. The van der Waals surface area contributed by atoms with E-state index >= 15 is 0 Å². The number of carbonyl (C=O) groups excluding carboxylic acids is 18. The van der Waals surface area contributed by atoms with Crippen LogP contribution in [0.25, 0.3) is 0 Å². The molecule has 30 atom stereocenters. The van der Waals surface area contributed by atoms with Gasteiger partial charge in [0.1, 0.15) is 96.5 Å². The van der Waals surface area contributed by atoms with Gasteiger partial charge in [0.15, 0.2) is 96.4 Å². The molecule has 7 heterocycles. The number of ether oxygens (including phenoxy) is 26. The molecule has 7 fully saturated rings. The number of carbonyl (C=O) groups is 18. The Morgan fingerprint density at radius 1 is 0.306 bits per heavy atom. The fourth-order valence-corrected chi connectivity index (χ4v) is 20.9. The number of fused-ring (bicyclic) bond motifs is 1. The van der Waals surface area contributed by atoms with Crippen molar-refractivity contribution in [2.45, 2.75) is 317 Å². The minimum atomic E-state index is -2.47. The van der Waals surface area contributed by atoms with E-state index in [2.05, 4.69) is 0 Å². The highest BCUT2D eigenvalue weighted by Gasteiger charge is 2.71. The Morgan fingerprint density at radius 3 is 1.01 bits per heavy atom. The third kappa shape index (κ3) is 28.7. The van der Waals surface area contributed by atoms with Crippen molar-refractivity contribution in [3.05, 3.63) is 0 Å². The van der Waals surface area contributed by atoms with Crippen LogP contribution in [0.3, 0.4) is 0 Å². The minimum Gasteiger partial charge on any atom is -0.463 e. The Hall–Kier alpha value is -8.11. The second-order valence-electron chi connectivity index (χ2n) is 29.3. The largest absolute Gasteiger partial charge is 0.463 e. The van der Waals surface area contributed by atoms with Crippen LogP contribution in [0.15, 0.2) is 0 Å². The molecule has 0 bridgehead atoms. The zero-order valence-corrected chi connectivity index (χ0v) is 75.2. The van der Waals surface area contributed by atoms with Crippen LogP contribution in [-0.2, 0) is 209 Å². The molecule has 0 aromatic rings. The van der Waals surface area contributed by atoms with E-state index in [1.807, 2.05) is 0 Å². The molecule has 0 N–H and O–H groups in total. The SMILES string of the molecule is CC(=O)OCC1OC(SCC2OC(SCC3OC(SCC(OC(C)=O)C4OC5OC(C)(C)OC5C4C4(S)OC(COC(C)=O)C(OC(C)=O)C(OC(C)=O)C4OC(C)=O)C(OC(C)=O)C(OC(C)=O)C3OC(C)=O)C(OC(C)=O)C(SC3OC(COC(C)=O)C(OC(C)=O)C(OC(C)=O)C3OC(C)=O)C2OC(C)=O)C(OC(C)=O)C(OC(C)=O)C1OC(C)=O. The number of esters is 18. The molecule has 7 rings (SSSR count). The molecule has 0 aromatic carbocycles. The summed E-state index contributed by atoms with van der Waals surface area (Å²) in [6.45, 7) is 18.5. The molecule has 124 heavy (non-hydrogen) atoms. The van der Waals surface area contributed by atoms with Crippen LogP contribution in [0, 0.1) is 5.92 Å². The molecule has 7 aliphatic heterocycles. The fraction of sp³-hybridized carbons (Fsp3) is 0.760. The average Bonchev–Trinajstić information content (AvgIpc) is 1.53. The Bertz CT molecular complexity index is 3920. The quantitative estimate of drug-likeness (QED) is 0.0540. The number of thiol groups is 1. The van der Waals surface area contributed by atoms with Crippen molar-refractivity contribution in [3.63, 3.8) is 0 Å². The number of hydrogen-bond acceptors (Lipinski definition) is 49. The molecule has 7 saturated heterocycles. The summed E-state index contributed by atoms with van der Waals surface area (Å²) in [5, 5.41) is -1.69. The van der Waals surface area contributed by atoms with E-state index in [-0.39, 0.29) is 0 Å². The summed E-state index contributed by atoms with van der Waals surface area (Å²) >= 11 is 7.75. The van der Waals surface area contributed by atoms with Crippen molar-refractivity contribution in [1.29, 1.82) is 0 Å². The highest BCUT2D eigenvalue weighted by atomic mass is 32.2. The summed E-state index contributed by atoms with van der Waals surface area (Å²) in [6.07, 6.45) is -39.9. The highest BCUT2D eigenvalue weighted by molar-refractivity contribution is 8.01. The predicted octanol–water partition coefficient (Wildman–Crippen LogP) is 1.37. The van der Waals surface area contributed by atoms with Crippen LogP contribution in [0.4, 0.5) is 0 Å². The Kier molecular flexibility index (Phi) is 37.8. The Labute approximate surface area is 732 Å². The molecule has 44 nitrogen and oxygen atoms in total. The summed E-state index contributed by atoms with van der Waals surface area (Å²) < 4.78 is 157. The first-order chi connectivity index (χ1) is 57.9. The summed E-state index contributed by atoms with van der Waals surface area (Å²) in [5.74, 6) is -23.0. The maximum atomic E-state index is 14.0. The summed E-state index contributed by atoms with van der Waals surface area (Å²) in [4.78, 5) is 236. The Morgan fingerprint density at radius 2 is 0.613 bits per heavy atom. The smallest absolute Gasteiger partial charge is 0.303 e. The van der Waals surface area contributed by atoms with Gasteiger partial charge in [-0.25, -0.2) is 0 Å². The lowest BCUT2D eigenvalue weighted by Crippen LogP contribution is -2.70. The van der Waals surface area contributed by atoms with Crippen LogP contribution >= 0.6 is 59.7 Å². The van der Waals surface area contributed by atoms with Gasteiger partial charge >= 0.3 is 107 Å². The van der Waals surface area contributed by atoms with E-state index < -0.39 is 329 Å². The van der Waals surface area contributed by atoms with Crippen LogP contribution < -0.4 is 0 Å². The van der Waals surface area contributed by atoms with Gasteiger partial charge in [0.05, 0.1) is 11.2 Å². The van der Waals surface area contributed by atoms with Gasteiger partial charge in [0, 0.05) is 142 Å². The molecular formula is C75H102O44S5. The van der Waals surface area contributed by atoms with Crippen LogP contribution in [0.2, 0.25) is 0 Å². The molecule has 0 amide bonds. The van der Waals surface area contributed by atoms with Crippen molar-refractivity contribution in [1.82, 2.24) is 0 Å². The molecular weight excluding hydrogens is 1770 g/mol. The molecule has 0 radical (unpaired) electrons. The number of thioether (sulfide) groups is 4. The van der Waals surface area contributed by atoms with Gasteiger partial charge in [-0.1, -0.05) is 0 Å². The van der Waals surface area contributed by atoms with Crippen molar-refractivity contribution < 1.29 is 209 Å². The highest BCUT2D eigenvalue weighted by Crippen LogP contribution is 2.55. The van der Waals surface area contributed by atoms with E-state index in [0.29, 0.717) is 47.0 Å². The first-order valence-electron chi connectivity index (χ1n) is 38.4. The third-order valence-corrected chi connectivity index (χ3v) is 24.3. The predicted molar refractivity (Wildman–Crippen MR) is 415 cm³/mol. The molecule has 0 spiro atoms. The average molecular weight is 1870 g/mol. The summed E-state index contributed by atoms with van der Waals surface area (Å²) in [6, 6.07) is 0. The molecule has 0 saturated carbocycles. The van der Waals surface area contributed by atoms with E-state index in [0.717, 1.165) is 125 Å². The second kappa shape index (κ2) is 45.5. The fourth-order valence-electron chi connectivity index (χ4n) is 14.7. The van der Waals surface area contributed by atoms with Crippen molar-refractivity contribution >= 4 is 167 Å². The van der Waals surface area contributed by atoms with Crippen LogP contribution in [0.5, 0.6) is 0 Å². The zero-order chi connectivity index (χ0) is 92.6. The Balaban J connectivity index is 1.43. The van der Waals surface area contributed by atoms with Crippen molar-refractivity contribution in [2.24, 2.45) is 5.92 Å². The van der Waals surface area contributed by atoms with E-state index in [1.54, 1.807) is 0 Å². The van der Waals surface area contributed by atoms with E-state index in [1.165, 1.54) is 13.8 Å². The van der Waals surface area contributed by atoms with Gasteiger partial charge in [-0.3, -0.25) is 86.3 Å². The topological polar surface area (TPSA) is 547 Å². The van der Waals surface area contributed by atoms with Gasteiger partial charge in [-0.2, -0.15) is 0 Å². The van der Waals surface area contributed by atoms with Crippen LogP contribution in [0.1, 0.15) is 138 Å². The zero-order valence-electron chi connectivity index (χ0n) is 71.0. The molecule has 7 aliphatic rings. The number of hydrogen-bond donors (Lipinski definition) is 1. The molecule has 30 unspecified atom stereocenters. The molecule has 0 aliphatic carbocycles. The first kappa shape index (κ1) is 103. The summed E-state index contributed by atoms with van der Waals surface area (Å²) in [5.41, 5.74) is -6.86. The lowest BCUT2D eigenvalue weighted by atomic mass is 9.80. The van der Waals surface area contributed by atoms with Gasteiger partial charge in [0.25, 0.3) is 0 Å². The van der Waals surface area contributed by atoms with Gasteiger partial charge < -0.3 is 123 Å². The molecule has 49 heteroatoms. The monoisotopic (exact) mass is 1870 g/mol. The summed E-state index contributed by atoms with van der Waals surface area (Å²) in [7, 11) is 0. The van der Waals surface area contributed by atoms with Crippen molar-refractivity contribution in [2.75, 3.05) is 37.1 Å². The first-order valence-corrected chi connectivity index (χ1v) is 42.9. The molecule has 0 aromatic heterocycles. The maximum Gasteiger partial charge on any atom is 0.303 e. The third-order valence-electron chi connectivity index (χ3n) is 18.5. The second-order valence-corrected chi connectivity index (χ2v) is 34.7.